The summed E-state index contributed by atoms with van der Waals surface area (Å²) >= 11 is 0. The number of nitrogens with zero attached hydrogens (tertiary/aromatic N) is 5. The van der Waals surface area contributed by atoms with E-state index in [2.05, 4.69) is 31.8 Å². The Labute approximate surface area is 191 Å². The predicted octanol–water partition coefficient (Wildman–Crippen LogP) is 4.98. The van der Waals surface area contributed by atoms with E-state index < -0.39 is 0 Å². The van der Waals surface area contributed by atoms with Gasteiger partial charge in [0, 0.05) is 31.4 Å². The lowest BCUT2D eigenvalue weighted by atomic mass is 9.96. The summed E-state index contributed by atoms with van der Waals surface area (Å²) in [5.74, 6) is 0.863. The molecule has 2 aromatic heterocycles. The van der Waals surface area contributed by atoms with Crippen LogP contribution < -0.4 is 10.4 Å². The van der Waals surface area contributed by atoms with Crippen LogP contribution in [0.3, 0.4) is 0 Å². The van der Waals surface area contributed by atoms with Crippen LogP contribution in [-0.4, -0.2) is 14.1 Å². The lowest BCUT2D eigenvalue weighted by molar-refractivity contribution is 0.342. The summed E-state index contributed by atoms with van der Waals surface area (Å²) in [5.41, 5.74) is 3.98. The summed E-state index contributed by atoms with van der Waals surface area (Å²) in [6.07, 6.45) is 1.44. The molecule has 4 rings (SSSR count). The molecule has 33 heavy (non-hydrogen) atoms. The molecular weight excluding hydrogens is 414 g/mol. The predicted molar refractivity (Wildman–Crippen MR) is 126 cm³/mol. The Hall–Kier alpha value is -4.36. The van der Waals surface area contributed by atoms with Gasteiger partial charge in [-0.25, -0.2) is 9.78 Å². The van der Waals surface area contributed by atoms with E-state index in [4.69, 9.17) is 10.00 Å². The maximum absolute atomic E-state index is 12.9. The van der Waals surface area contributed by atoms with Gasteiger partial charge in [-0.05, 0) is 47.4 Å². The zero-order chi connectivity index (χ0) is 23.8. The molecule has 0 unspecified atom stereocenters. The number of hydrogen-bond acceptors (Lipinski definition) is 5. The van der Waals surface area contributed by atoms with Crippen molar-refractivity contribution < 1.29 is 4.74 Å². The molecule has 0 atom stereocenters. The quantitative estimate of drug-likeness (QED) is 0.448. The van der Waals surface area contributed by atoms with E-state index in [0.717, 1.165) is 16.6 Å². The van der Waals surface area contributed by atoms with E-state index in [-0.39, 0.29) is 11.1 Å². The molecule has 0 aliphatic carbocycles. The topological polar surface area (TPSA) is 96.6 Å². The number of aryl methyl sites for hydroxylation is 1. The third kappa shape index (κ3) is 4.35. The van der Waals surface area contributed by atoms with Crippen LogP contribution in [0.15, 0.2) is 59.5 Å². The minimum atomic E-state index is -0.0680. The van der Waals surface area contributed by atoms with Crippen molar-refractivity contribution >= 4 is 11.0 Å². The van der Waals surface area contributed by atoms with Crippen LogP contribution in [0, 0.1) is 28.1 Å². The molecular formula is C26H23N5O2. The standard InChI is InChI=1S/C26H23N5O2/c1-26(2,3)16-31-22-9-7-18(11-23(22)30(4)25(31)32)21-12-20(8-6-19(21)14-28)33-24-10-5-17(13-27)15-29-24/h5-12,15H,16H2,1-4H3. The average Bonchev–Trinajstić information content (AvgIpc) is 3.02. The van der Waals surface area contributed by atoms with Crippen LogP contribution in [0.1, 0.15) is 31.9 Å². The maximum atomic E-state index is 12.9. The Morgan fingerprint density at radius 3 is 2.42 bits per heavy atom. The van der Waals surface area contributed by atoms with Gasteiger partial charge in [-0.15, -0.1) is 0 Å². The molecule has 0 saturated carbocycles. The largest absolute Gasteiger partial charge is 0.439 e. The zero-order valence-electron chi connectivity index (χ0n) is 19.0. The van der Waals surface area contributed by atoms with E-state index >= 15 is 0 Å². The molecule has 0 fully saturated rings. The Kier molecular flexibility index (Phi) is 5.49. The highest BCUT2D eigenvalue weighted by Crippen LogP contribution is 2.32. The van der Waals surface area contributed by atoms with Crippen LogP contribution in [0.2, 0.25) is 0 Å². The average molecular weight is 438 g/mol. The fourth-order valence-corrected chi connectivity index (χ4v) is 3.75. The van der Waals surface area contributed by atoms with Crippen molar-refractivity contribution in [3.05, 3.63) is 76.3 Å². The highest BCUT2D eigenvalue weighted by atomic mass is 16.5. The first-order valence-electron chi connectivity index (χ1n) is 10.5. The maximum Gasteiger partial charge on any atom is 0.328 e. The van der Waals surface area contributed by atoms with E-state index in [1.807, 2.05) is 24.3 Å². The normalized spacial score (nSPS) is 11.2. The van der Waals surface area contributed by atoms with E-state index in [0.29, 0.717) is 34.9 Å². The summed E-state index contributed by atoms with van der Waals surface area (Å²) in [6, 6.07) is 18.5. The number of rotatable bonds is 4. The van der Waals surface area contributed by atoms with Crippen LogP contribution in [-0.2, 0) is 13.6 Å². The number of ether oxygens (including phenoxy) is 1. The summed E-state index contributed by atoms with van der Waals surface area (Å²) in [6.45, 7) is 6.90. The van der Waals surface area contributed by atoms with Crippen molar-refractivity contribution in [2.45, 2.75) is 27.3 Å². The van der Waals surface area contributed by atoms with Gasteiger partial charge in [0.2, 0.25) is 5.88 Å². The smallest absolute Gasteiger partial charge is 0.328 e. The number of fused-ring (bicyclic) bond motifs is 1. The molecule has 4 aromatic rings. The van der Waals surface area contributed by atoms with Crippen LogP contribution in [0.25, 0.3) is 22.2 Å². The van der Waals surface area contributed by atoms with Crippen molar-refractivity contribution in [3.8, 4) is 34.9 Å². The second-order valence-electron chi connectivity index (χ2n) is 9.11. The number of hydrogen-bond donors (Lipinski definition) is 0. The molecule has 0 saturated heterocycles. The van der Waals surface area contributed by atoms with Crippen LogP contribution in [0.4, 0.5) is 0 Å². The highest BCUT2D eigenvalue weighted by Gasteiger charge is 2.18. The summed E-state index contributed by atoms with van der Waals surface area (Å²) in [4.78, 5) is 17.0. The molecule has 2 aromatic carbocycles. The van der Waals surface area contributed by atoms with Gasteiger partial charge in [-0.2, -0.15) is 10.5 Å². The van der Waals surface area contributed by atoms with Gasteiger partial charge >= 0.3 is 5.69 Å². The summed E-state index contributed by atoms with van der Waals surface area (Å²) < 4.78 is 9.27. The lowest BCUT2D eigenvalue weighted by Gasteiger charge is -2.18. The Balaban J connectivity index is 1.77. The number of imidazole rings is 1. The first-order chi connectivity index (χ1) is 15.7. The minimum Gasteiger partial charge on any atom is -0.439 e. The lowest BCUT2D eigenvalue weighted by Crippen LogP contribution is -2.27. The molecule has 0 amide bonds. The first kappa shape index (κ1) is 21.9. The van der Waals surface area contributed by atoms with Gasteiger partial charge in [-0.1, -0.05) is 26.8 Å². The van der Waals surface area contributed by atoms with E-state index in [9.17, 15) is 10.1 Å². The molecule has 0 radical (unpaired) electrons. The zero-order valence-corrected chi connectivity index (χ0v) is 19.0. The molecule has 0 N–H and O–H groups in total. The highest BCUT2D eigenvalue weighted by molar-refractivity contribution is 5.84. The van der Waals surface area contributed by atoms with Crippen molar-refractivity contribution in [2.24, 2.45) is 12.5 Å². The van der Waals surface area contributed by atoms with Gasteiger partial charge < -0.3 is 4.74 Å². The molecule has 0 aliphatic heterocycles. The number of aromatic nitrogens is 3. The van der Waals surface area contributed by atoms with Crippen molar-refractivity contribution in [1.82, 2.24) is 14.1 Å². The minimum absolute atomic E-state index is 0.0457. The third-order valence-electron chi connectivity index (χ3n) is 5.29. The van der Waals surface area contributed by atoms with Crippen molar-refractivity contribution in [2.75, 3.05) is 0 Å². The second-order valence-corrected chi connectivity index (χ2v) is 9.11. The fraction of sp³-hybridized carbons (Fsp3) is 0.231. The van der Waals surface area contributed by atoms with Gasteiger partial charge in [0.25, 0.3) is 0 Å². The fourth-order valence-electron chi connectivity index (χ4n) is 3.75. The van der Waals surface area contributed by atoms with Gasteiger partial charge in [0.1, 0.15) is 11.8 Å². The van der Waals surface area contributed by atoms with Gasteiger partial charge in [0.05, 0.1) is 28.2 Å². The molecule has 2 heterocycles. The Bertz CT molecular complexity index is 1490. The van der Waals surface area contributed by atoms with Crippen LogP contribution in [0.5, 0.6) is 11.6 Å². The van der Waals surface area contributed by atoms with Gasteiger partial charge in [-0.3, -0.25) is 9.13 Å². The van der Waals surface area contributed by atoms with Crippen molar-refractivity contribution in [1.29, 1.82) is 10.5 Å². The van der Waals surface area contributed by atoms with E-state index in [1.54, 1.807) is 46.5 Å². The Morgan fingerprint density at radius 1 is 1.00 bits per heavy atom. The first-order valence-corrected chi connectivity index (χ1v) is 10.5. The molecule has 7 heteroatoms. The SMILES string of the molecule is Cn1c(=O)n(CC(C)(C)C)c2ccc(-c3cc(Oc4ccc(C#N)cn4)ccc3C#N)cc21. The molecule has 7 nitrogen and oxygen atoms in total. The van der Waals surface area contributed by atoms with Gasteiger partial charge in [0.15, 0.2) is 0 Å². The molecule has 0 aliphatic rings. The number of benzene rings is 2. The second kappa shape index (κ2) is 8.29. The third-order valence-corrected chi connectivity index (χ3v) is 5.29. The summed E-state index contributed by atoms with van der Waals surface area (Å²) in [5, 5.41) is 18.6. The number of pyridine rings is 1. The van der Waals surface area contributed by atoms with Crippen LogP contribution >= 0.6 is 0 Å². The Morgan fingerprint density at radius 2 is 1.79 bits per heavy atom. The summed E-state index contributed by atoms with van der Waals surface area (Å²) in [7, 11) is 1.76. The van der Waals surface area contributed by atoms with E-state index in [1.165, 1.54) is 6.20 Å². The van der Waals surface area contributed by atoms with Crippen molar-refractivity contribution in [3.63, 3.8) is 0 Å². The molecule has 0 bridgehead atoms. The number of nitriles is 2. The molecule has 164 valence electrons. The molecule has 0 spiro atoms. The monoisotopic (exact) mass is 437 g/mol.